The van der Waals surface area contributed by atoms with Crippen LogP contribution in [0.5, 0.6) is 0 Å². The van der Waals surface area contributed by atoms with E-state index in [1.54, 1.807) is 6.08 Å². The monoisotopic (exact) mass is 1260 g/mol. The minimum atomic E-state index is -1.79. The van der Waals surface area contributed by atoms with Crippen molar-refractivity contribution in [1.82, 2.24) is 5.32 Å². The van der Waals surface area contributed by atoms with E-state index in [4.69, 9.17) is 18.9 Å². The number of hydrogen-bond donors (Lipinski definition) is 9. The number of ether oxygens (including phenoxy) is 4. The van der Waals surface area contributed by atoms with Crippen molar-refractivity contribution >= 4 is 5.91 Å². The zero-order valence-corrected chi connectivity index (χ0v) is 56.4. The normalized spacial score (nSPS) is 23.4. The van der Waals surface area contributed by atoms with Gasteiger partial charge in [-0.25, -0.2) is 0 Å². The Bertz CT molecular complexity index is 1770. The molecule has 2 saturated heterocycles. The highest BCUT2D eigenvalue weighted by atomic mass is 16.7. The number of amides is 1. The van der Waals surface area contributed by atoms with Gasteiger partial charge in [0.1, 0.15) is 48.8 Å². The highest BCUT2D eigenvalue weighted by molar-refractivity contribution is 5.76. The third-order valence-corrected chi connectivity index (χ3v) is 17.6. The van der Waals surface area contributed by atoms with E-state index >= 15 is 0 Å². The third kappa shape index (κ3) is 43.1. The van der Waals surface area contributed by atoms with Crippen LogP contribution in [-0.2, 0) is 23.7 Å². The van der Waals surface area contributed by atoms with Crippen LogP contribution in [0.25, 0.3) is 0 Å². The van der Waals surface area contributed by atoms with E-state index in [1.807, 2.05) is 6.08 Å². The van der Waals surface area contributed by atoms with Crippen LogP contribution in [0, 0.1) is 0 Å². The molecule has 2 aliphatic rings. The molecule has 0 bridgehead atoms. The fraction of sp³-hybridized carbons (Fsp3) is 0.827. The Morgan fingerprint density at radius 2 is 0.753 bits per heavy atom. The lowest BCUT2D eigenvalue weighted by atomic mass is 9.97. The van der Waals surface area contributed by atoms with Crippen molar-refractivity contribution in [2.75, 3.05) is 19.8 Å². The van der Waals surface area contributed by atoms with Crippen molar-refractivity contribution < 1.29 is 64.6 Å². The molecule has 2 rings (SSSR count). The Labute approximate surface area is 542 Å². The number of hydrogen-bond acceptors (Lipinski definition) is 13. The van der Waals surface area contributed by atoms with Gasteiger partial charge in [0, 0.05) is 6.42 Å². The Hall–Kier alpha value is -2.57. The Morgan fingerprint density at radius 1 is 0.404 bits per heavy atom. The molecular formula is C75H135NO13. The minimum absolute atomic E-state index is 0.250. The summed E-state index contributed by atoms with van der Waals surface area (Å²) in [6.07, 6.45) is 64.2. The van der Waals surface area contributed by atoms with Gasteiger partial charge in [0.15, 0.2) is 12.6 Å². The summed E-state index contributed by atoms with van der Waals surface area (Å²) in [7, 11) is 0. The number of aliphatic hydroxyl groups is 8. The summed E-state index contributed by atoms with van der Waals surface area (Å²) in [4.78, 5) is 13.3. The molecule has 12 unspecified atom stereocenters. The predicted molar refractivity (Wildman–Crippen MR) is 364 cm³/mol. The fourth-order valence-corrected chi connectivity index (χ4v) is 11.7. The molecule has 0 saturated carbocycles. The minimum Gasteiger partial charge on any atom is -0.394 e. The van der Waals surface area contributed by atoms with E-state index in [0.717, 1.165) is 57.8 Å². The Morgan fingerprint density at radius 3 is 1.18 bits per heavy atom. The van der Waals surface area contributed by atoms with E-state index < -0.39 is 86.8 Å². The Kier molecular flexibility index (Phi) is 54.9. The van der Waals surface area contributed by atoms with Crippen LogP contribution in [0.1, 0.15) is 303 Å². The van der Waals surface area contributed by atoms with Gasteiger partial charge in [0.05, 0.1) is 32.0 Å². The van der Waals surface area contributed by atoms with Crippen molar-refractivity contribution in [3.8, 4) is 0 Å². The van der Waals surface area contributed by atoms with Crippen molar-refractivity contribution in [3.63, 3.8) is 0 Å². The van der Waals surface area contributed by atoms with Crippen molar-refractivity contribution in [3.05, 3.63) is 72.9 Å². The summed E-state index contributed by atoms with van der Waals surface area (Å²) in [6, 6.07) is -0.939. The average molecular weight is 1260 g/mol. The van der Waals surface area contributed by atoms with Gasteiger partial charge in [-0.3, -0.25) is 4.79 Å². The van der Waals surface area contributed by atoms with Crippen LogP contribution >= 0.6 is 0 Å². The third-order valence-electron chi connectivity index (χ3n) is 17.6. The number of rotatable bonds is 60. The summed E-state index contributed by atoms with van der Waals surface area (Å²) < 4.78 is 22.8. The van der Waals surface area contributed by atoms with E-state index in [-0.39, 0.29) is 18.9 Å². The maximum absolute atomic E-state index is 13.3. The van der Waals surface area contributed by atoms with Gasteiger partial charge in [-0.1, -0.05) is 286 Å². The lowest BCUT2D eigenvalue weighted by Crippen LogP contribution is -2.65. The van der Waals surface area contributed by atoms with E-state index in [2.05, 4.69) is 79.9 Å². The van der Waals surface area contributed by atoms with Crippen LogP contribution in [-0.4, -0.2) is 140 Å². The van der Waals surface area contributed by atoms with Gasteiger partial charge >= 0.3 is 0 Å². The van der Waals surface area contributed by atoms with Gasteiger partial charge in [0.25, 0.3) is 0 Å². The topological polar surface area (TPSA) is 228 Å². The molecule has 0 spiro atoms. The zero-order valence-electron chi connectivity index (χ0n) is 56.4. The smallest absolute Gasteiger partial charge is 0.220 e. The van der Waals surface area contributed by atoms with Gasteiger partial charge in [-0.15, -0.1) is 0 Å². The second kappa shape index (κ2) is 59.2. The number of allylic oxidation sites excluding steroid dienone is 11. The van der Waals surface area contributed by atoms with Crippen molar-refractivity contribution in [2.45, 2.75) is 376 Å². The predicted octanol–water partition coefficient (Wildman–Crippen LogP) is 15.4. The van der Waals surface area contributed by atoms with E-state index in [9.17, 15) is 45.6 Å². The molecule has 0 aliphatic carbocycles. The molecule has 2 heterocycles. The molecule has 9 N–H and O–H groups in total. The maximum Gasteiger partial charge on any atom is 0.220 e. The van der Waals surface area contributed by atoms with Crippen molar-refractivity contribution in [2.24, 2.45) is 0 Å². The molecule has 14 heteroatoms. The number of aliphatic hydroxyl groups excluding tert-OH is 8. The molecule has 1 amide bonds. The van der Waals surface area contributed by atoms with Crippen LogP contribution in [0.2, 0.25) is 0 Å². The zero-order chi connectivity index (χ0) is 64.5. The fourth-order valence-electron chi connectivity index (χ4n) is 11.7. The van der Waals surface area contributed by atoms with Crippen LogP contribution < -0.4 is 5.32 Å². The summed E-state index contributed by atoms with van der Waals surface area (Å²) in [5.41, 5.74) is 0. The van der Waals surface area contributed by atoms with Crippen molar-refractivity contribution in [1.29, 1.82) is 0 Å². The molecular weight excluding hydrogens is 1120 g/mol. The summed E-state index contributed by atoms with van der Waals surface area (Å²) in [5, 5.41) is 87.3. The van der Waals surface area contributed by atoms with Crippen LogP contribution in [0.15, 0.2) is 72.9 Å². The first-order valence-corrected chi connectivity index (χ1v) is 36.7. The van der Waals surface area contributed by atoms with Gasteiger partial charge < -0.3 is 65.1 Å². The lowest BCUT2D eigenvalue weighted by molar-refractivity contribution is -0.359. The van der Waals surface area contributed by atoms with Crippen LogP contribution in [0.4, 0.5) is 0 Å². The summed E-state index contributed by atoms with van der Waals surface area (Å²) in [5.74, 6) is -0.250. The molecule has 0 aromatic rings. The number of unbranched alkanes of at least 4 members (excludes halogenated alkanes) is 37. The largest absolute Gasteiger partial charge is 0.394 e. The first-order chi connectivity index (χ1) is 43.6. The van der Waals surface area contributed by atoms with E-state index in [1.165, 1.54) is 212 Å². The second-order valence-corrected chi connectivity index (χ2v) is 25.7. The molecule has 14 nitrogen and oxygen atoms in total. The number of carbonyl (C=O) groups is 1. The molecule has 89 heavy (non-hydrogen) atoms. The summed E-state index contributed by atoms with van der Waals surface area (Å²) in [6.45, 7) is 2.77. The first-order valence-electron chi connectivity index (χ1n) is 36.7. The van der Waals surface area contributed by atoms with Gasteiger partial charge in [-0.05, 0) is 83.5 Å². The molecule has 2 fully saturated rings. The Balaban J connectivity index is 1.58. The van der Waals surface area contributed by atoms with Crippen LogP contribution in [0.3, 0.4) is 0 Å². The average Bonchev–Trinajstić information content (AvgIpc) is 2.55. The SMILES string of the molecule is CCCCCCC/C=C\C/C=C\C/C=C\CCCCCCCCCCCCCCCCCCCCCCCCCCC(=O)NC(COC1OC(CO)C(OC2OC(CO)C(O)C(O)C2O)C(O)C1O)C(O)/C=C/CC/C=C/CC/C=C/CCCCCCCC. The number of nitrogens with one attached hydrogen (secondary N) is 1. The molecule has 12 atom stereocenters. The molecule has 2 aliphatic heterocycles. The first kappa shape index (κ1) is 82.5. The highest BCUT2D eigenvalue weighted by Gasteiger charge is 2.51. The number of carbonyl (C=O) groups excluding carboxylic acids is 1. The van der Waals surface area contributed by atoms with Gasteiger partial charge in [0.2, 0.25) is 5.91 Å². The molecule has 518 valence electrons. The summed E-state index contributed by atoms with van der Waals surface area (Å²) >= 11 is 0. The quantitative estimate of drug-likeness (QED) is 0.0204. The molecule has 0 radical (unpaired) electrons. The van der Waals surface area contributed by atoms with Gasteiger partial charge in [-0.2, -0.15) is 0 Å². The lowest BCUT2D eigenvalue weighted by Gasteiger charge is -2.46. The second-order valence-electron chi connectivity index (χ2n) is 25.7. The van der Waals surface area contributed by atoms with E-state index in [0.29, 0.717) is 12.8 Å². The molecule has 0 aromatic carbocycles. The highest BCUT2D eigenvalue weighted by Crippen LogP contribution is 2.30. The maximum atomic E-state index is 13.3. The molecule has 0 aromatic heterocycles. The standard InChI is InChI=1S/C75H135NO13/c1-3-5-7-9-11-13-15-17-19-21-22-23-24-25-26-27-28-29-30-31-32-33-34-35-36-37-38-39-40-41-42-43-45-47-49-51-53-55-57-59-67(80)76-63(64(79)58-56-54-52-50-48-46-44-20-18-16-14-12-10-8-6-4-2)62-86-74-72(85)70(83)73(66(61-78)88-74)89-75-71(84)69(82)68(81)65(60-77)87-75/h15,17-18,20-22,24-25,48,50,56,58,63-66,68-75,77-79,81-85H,3-14,16,19,23,26-47,49,51-55,57,59-62H2,1-2H3,(H,76,80)/b17-15-,20-18+,22-21-,25-24-,50-48+,58-56+.